The lowest BCUT2D eigenvalue weighted by molar-refractivity contribution is 0.349. The summed E-state index contributed by atoms with van der Waals surface area (Å²) in [5.74, 6) is 0.686. The van der Waals surface area contributed by atoms with Crippen LogP contribution in [0.15, 0.2) is 30.9 Å². The van der Waals surface area contributed by atoms with Gasteiger partial charge >= 0.3 is 0 Å². The summed E-state index contributed by atoms with van der Waals surface area (Å²) in [6.07, 6.45) is 8.33. The van der Waals surface area contributed by atoms with E-state index in [-0.39, 0.29) is 0 Å². The molecule has 1 aromatic heterocycles. The summed E-state index contributed by atoms with van der Waals surface area (Å²) in [5.41, 5.74) is 1.91. The van der Waals surface area contributed by atoms with E-state index in [1.807, 2.05) is 12.1 Å². The Kier molecular flexibility index (Phi) is 3.92. The molecule has 0 saturated heterocycles. The van der Waals surface area contributed by atoms with Crippen molar-refractivity contribution in [3.8, 4) is 5.69 Å². The van der Waals surface area contributed by atoms with Gasteiger partial charge in [-0.2, -0.15) is 5.10 Å². The van der Waals surface area contributed by atoms with Gasteiger partial charge < -0.3 is 5.32 Å². The van der Waals surface area contributed by atoms with E-state index in [9.17, 15) is 0 Å². The molecule has 1 aliphatic carbocycles. The normalized spacial score (nSPS) is 22.7. The van der Waals surface area contributed by atoms with Crippen LogP contribution < -0.4 is 5.32 Å². The Morgan fingerprint density at radius 3 is 2.90 bits per heavy atom. The second kappa shape index (κ2) is 5.83. The van der Waals surface area contributed by atoms with Gasteiger partial charge in [0.1, 0.15) is 18.3 Å². The van der Waals surface area contributed by atoms with E-state index >= 15 is 0 Å². The van der Waals surface area contributed by atoms with Crippen molar-refractivity contribution in [3.05, 3.63) is 35.9 Å². The van der Waals surface area contributed by atoms with Crippen LogP contribution in [0.2, 0.25) is 5.02 Å². The maximum atomic E-state index is 6.35. The molecule has 1 saturated carbocycles. The lowest BCUT2D eigenvalue weighted by Crippen LogP contribution is -2.30. The SMILES string of the molecule is CC1CCCCC1Nc1cccc(Cl)c1-n1cncn1. The first-order chi connectivity index (χ1) is 9.75. The highest BCUT2D eigenvalue weighted by atomic mass is 35.5. The standard InChI is InChI=1S/C15H19ClN4/c1-11-5-2-3-7-13(11)19-14-8-4-6-12(16)15(14)20-10-17-9-18-20/h4,6,8-11,13,19H,2-3,5,7H2,1H3. The number of para-hydroxylation sites is 1. The average molecular weight is 291 g/mol. The lowest BCUT2D eigenvalue weighted by atomic mass is 9.86. The van der Waals surface area contributed by atoms with Crippen molar-refractivity contribution in [2.24, 2.45) is 5.92 Å². The molecule has 106 valence electrons. The highest BCUT2D eigenvalue weighted by molar-refractivity contribution is 6.33. The van der Waals surface area contributed by atoms with E-state index in [1.54, 1.807) is 11.0 Å². The molecule has 0 spiro atoms. The second-order valence-electron chi connectivity index (χ2n) is 5.49. The monoisotopic (exact) mass is 290 g/mol. The van der Waals surface area contributed by atoms with Crippen LogP contribution in [0.3, 0.4) is 0 Å². The molecule has 1 aromatic carbocycles. The van der Waals surface area contributed by atoms with Gasteiger partial charge in [0.2, 0.25) is 0 Å². The van der Waals surface area contributed by atoms with Crippen molar-refractivity contribution < 1.29 is 0 Å². The van der Waals surface area contributed by atoms with Gasteiger partial charge in [-0.15, -0.1) is 0 Å². The van der Waals surface area contributed by atoms with Crippen molar-refractivity contribution >= 4 is 17.3 Å². The maximum absolute atomic E-state index is 6.35. The molecule has 0 radical (unpaired) electrons. The fourth-order valence-corrected chi connectivity index (χ4v) is 3.18. The Balaban J connectivity index is 1.91. The zero-order valence-corrected chi connectivity index (χ0v) is 12.3. The van der Waals surface area contributed by atoms with Crippen molar-refractivity contribution in [2.45, 2.75) is 38.6 Å². The van der Waals surface area contributed by atoms with E-state index < -0.39 is 0 Å². The summed E-state index contributed by atoms with van der Waals surface area (Å²) >= 11 is 6.35. The highest BCUT2D eigenvalue weighted by Crippen LogP contribution is 2.32. The molecule has 1 fully saturated rings. The smallest absolute Gasteiger partial charge is 0.138 e. The average Bonchev–Trinajstić information content (AvgIpc) is 2.95. The Hall–Kier alpha value is -1.55. The van der Waals surface area contributed by atoms with Gasteiger partial charge in [0.05, 0.1) is 10.7 Å². The molecule has 2 aromatic rings. The summed E-state index contributed by atoms with van der Waals surface area (Å²) < 4.78 is 1.72. The third kappa shape index (κ3) is 2.66. The van der Waals surface area contributed by atoms with Gasteiger partial charge in [0.15, 0.2) is 0 Å². The minimum atomic E-state index is 0.504. The van der Waals surface area contributed by atoms with Gasteiger partial charge in [-0.05, 0) is 30.9 Å². The quantitative estimate of drug-likeness (QED) is 0.932. The first kappa shape index (κ1) is 13.4. The van der Waals surface area contributed by atoms with Crippen molar-refractivity contribution in [2.75, 3.05) is 5.32 Å². The first-order valence-electron chi connectivity index (χ1n) is 7.16. The van der Waals surface area contributed by atoms with Crippen molar-refractivity contribution in [1.29, 1.82) is 0 Å². The Labute approximate surface area is 124 Å². The van der Waals surface area contributed by atoms with Crippen LogP contribution in [0.4, 0.5) is 5.69 Å². The molecular weight excluding hydrogens is 272 g/mol. The molecular formula is C15H19ClN4. The second-order valence-corrected chi connectivity index (χ2v) is 5.90. The van der Waals surface area contributed by atoms with Gasteiger partial charge in [-0.25, -0.2) is 9.67 Å². The summed E-state index contributed by atoms with van der Waals surface area (Å²) in [6.45, 7) is 2.32. The predicted octanol–water partition coefficient (Wildman–Crippen LogP) is 3.91. The predicted molar refractivity (Wildman–Crippen MR) is 81.4 cm³/mol. The van der Waals surface area contributed by atoms with Crippen molar-refractivity contribution in [1.82, 2.24) is 14.8 Å². The van der Waals surface area contributed by atoms with Crippen molar-refractivity contribution in [3.63, 3.8) is 0 Å². The van der Waals surface area contributed by atoms with E-state index in [0.717, 1.165) is 11.4 Å². The molecule has 0 bridgehead atoms. The van der Waals surface area contributed by atoms with E-state index in [4.69, 9.17) is 11.6 Å². The lowest BCUT2D eigenvalue weighted by Gasteiger charge is -2.31. The number of benzene rings is 1. The van der Waals surface area contributed by atoms with Crippen LogP contribution in [-0.2, 0) is 0 Å². The molecule has 0 amide bonds. The van der Waals surface area contributed by atoms with Crippen LogP contribution in [0.5, 0.6) is 0 Å². The first-order valence-corrected chi connectivity index (χ1v) is 7.53. The highest BCUT2D eigenvalue weighted by Gasteiger charge is 2.22. The summed E-state index contributed by atoms with van der Waals surface area (Å²) in [5, 5.41) is 8.54. The third-order valence-electron chi connectivity index (χ3n) is 4.09. The number of aromatic nitrogens is 3. The minimum Gasteiger partial charge on any atom is -0.380 e. The number of hydrogen-bond donors (Lipinski definition) is 1. The van der Waals surface area contributed by atoms with Crippen LogP contribution in [0.25, 0.3) is 5.69 Å². The fourth-order valence-electron chi connectivity index (χ4n) is 2.92. The van der Waals surface area contributed by atoms with E-state index in [1.165, 1.54) is 32.0 Å². The molecule has 1 heterocycles. The molecule has 5 heteroatoms. The van der Waals surface area contributed by atoms with Gasteiger partial charge in [-0.3, -0.25) is 0 Å². The van der Waals surface area contributed by atoms with Gasteiger partial charge in [0.25, 0.3) is 0 Å². The van der Waals surface area contributed by atoms with E-state index in [0.29, 0.717) is 17.0 Å². The fraction of sp³-hybridized carbons (Fsp3) is 0.467. The molecule has 20 heavy (non-hydrogen) atoms. The summed E-state index contributed by atoms with van der Waals surface area (Å²) in [7, 11) is 0. The number of hydrogen-bond acceptors (Lipinski definition) is 3. The summed E-state index contributed by atoms with van der Waals surface area (Å²) in [6, 6.07) is 6.42. The van der Waals surface area contributed by atoms with Gasteiger partial charge in [0, 0.05) is 6.04 Å². The Bertz CT molecular complexity index is 567. The number of nitrogens with zero attached hydrogens (tertiary/aromatic N) is 3. The van der Waals surface area contributed by atoms with Crippen LogP contribution >= 0.6 is 11.6 Å². The molecule has 2 atom stereocenters. The third-order valence-corrected chi connectivity index (χ3v) is 4.39. The Morgan fingerprint density at radius 2 is 2.15 bits per heavy atom. The molecule has 3 rings (SSSR count). The number of rotatable bonds is 3. The van der Waals surface area contributed by atoms with E-state index in [2.05, 4.69) is 28.4 Å². The molecule has 4 nitrogen and oxygen atoms in total. The number of anilines is 1. The molecule has 2 unspecified atom stereocenters. The Morgan fingerprint density at radius 1 is 1.30 bits per heavy atom. The zero-order chi connectivity index (χ0) is 13.9. The largest absolute Gasteiger partial charge is 0.380 e. The summed E-state index contributed by atoms with van der Waals surface area (Å²) in [4.78, 5) is 4.01. The van der Waals surface area contributed by atoms with Crippen LogP contribution in [0.1, 0.15) is 32.6 Å². The van der Waals surface area contributed by atoms with Crippen LogP contribution in [-0.4, -0.2) is 20.8 Å². The number of nitrogens with one attached hydrogen (secondary N) is 1. The van der Waals surface area contributed by atoms with Gasteiger partial charge in [-0.1, -0.05) is 37.4 Å². The zero-order valence-electron chi connectivity index (χ0n) is 11.6. The topological polar surface area (TPSA) is 42.7 Å². The van der Waals surface area contributed by atoms with Crippen LogP contribution in [0, 0.1) is 5.92 Å². The molecule has 0 aliphatic heterocycles. The minimum absolute atomic E-state index is 0.504. The molecule has 1 aliphatic rings. The maximum Gasteiger partial charge on any atom is 0.138 e. The number of halogens is 1. The molecule has 1 N–H and O–H groups in total.